The van der Waals surface area contributed by atoms with Crippen molar-refractivity contribution < 1.29 is 15.0 Å². The van der Waals surface area contributed by atoms with Crippen molar-refractivity contribution in [1.82, 2.24) is 5.32 Å². The zero-order chi connectivity index (χ0) is 12.3. The summed E-state index contributed by atoms with van der Waals surface area (Å²) in [6.07, 6.45) is 0. The number of hydrogen-bond donors (Lipinski definition) is 3. The lowest BCUT2D eigenvalue weighted by atomic mass is 10.0. The molecule has 3 N–H and O–H groups in total. The maximum atomic E-state index is 11.9. The first kappa shape index (κ1) is 11.4. The Hall–Kier alpha value is -2.07. The predicted octanol–water partition coefficient (Wildman–Crippen LogP) is 1.27. The minimum absolute atomic E-state index is 0.0564. The van der Waals surface area contributed by atoms with Crippen LogP contribution in [0.25, 0.3) is 10.8 Å². The standard InChI is InChI=1S/C13H13NO3/c15-8-7-14-13(17)12-10-4-2-1-3-9(10)5-6-11(12)16/h1-6,15-16H,7-8H2,(H,14,17). The third-order valence-electron chi connectivity index (χ3n) is 2.53. The Balaban J connectivity index is 2.51. The molecule has 0 aliphatic carbocycles. The van der Waals surface area contributed by atoms with Gasteiger partial charge in [-0.1, -0.05) is 30.3 Å². The van der Waals surface area contributed by atoms with Gasteiger partial charge in [-0.25, -0.2) is 0 Å². The molecule has 88 valence electrons. The van der Waals surface area contributed by atoms with Crippen LogP contribution in [0.1, 0.15) is 10.4 Å². The van der Waals surface area contributed by atoms with Gasteiger partial charge in [0.1, 0.15) is 5.75 Å². The topological polar surface area (TPSA) is 69.6 Å². The van der Waals surface area contributed by atoms with Crippen molar-refractivity contribution >= 4 is 16.7 Å². The van der Waals surface area contributed by atoms with Crippen molar-refractivity contribution in [2.24, 2.45) is 0 Å². The van der Waals surface area contributed by atoms with Gasteiger partial charge in [0.25, 0.3) is 5.91 Å². The van der Waals surface area contributed by atoms with Crippen LogP contribution >= 0.6 is 0 Å². The Morgan fingerprint density at radius 1 is 1.18 bits per heavy atom. The average molecular weight is 231 g/mol. The monoisotopic (exact) mass is 231 g/mol. The zero-order valence-electron chi connectivity index (χ0n) is 9.18. The quantitative estimate of drug-likeness (QED) is 0.745. The SMILES string of the molecule is O=C(NCCO)c1c(O)ccc2ccccc12. The molecule has 0 bridgehead atoms. The molecule has 0 radical (unpaired) electrons. The Morgan fingerprint density at radius 3 is 2.71 bits per heavy atom. The second-order valence-electron chi connectivity index (χ2n) is 3.66. The van der Waals surface area contributed by atoms with Crippen molar-refractivity contribution in [2.45, 2.75) is 0 Å². The van der Waals surface area contributed by atoms with Crippen LogP contribution in [0.2, 0.25) is 0 Å². The molecule has 0 spiro atoms. The number of fused-ring (bicyclic) bond motifs is 1. The second kappa shape index (κ2) is 4.84. The molecule has 0 saturated heterocycles. The molecular formula is C13H13NO3. The molecular weight excluding hydrogens is 218 g/mol. The second-order valence-corrected chi connectivity index (χ2v) is 3.66. The molecule has 17 heavy (non-hydrogen) atoms. The number of phenols is 1. The summed E-state index contributed by atoms with van der Waals surface area (Å²) >= 11 is 0. The van der Waals surface area contributed by atoms with E-state index < -0.39 is 0 Å². The molecule has 0 atom stereocenters. The van der Waals surface area contributed by atoms with E-state index in [4.69, 9.17) is 5.11 Å². The first-order valence-corrected chi connectivity index (χ1v) is 5.34. The summed E-state index contributed by atoms with van der Waals surface area (Å²) in [6.45, 7) is 0.0404. The molecule has 2 rings (SSSR count). The van der Waals surface area contributed by atoms with Gasteiger partial charge in [0.15, 0.2) is 0 Å². The average Bonchev–Trinajstić information content (AvgIpc) is 2.35. The fourth-order valence-electron chi connectivity index (χ4n) is 1.76. The third kappa shape index (κ3) is 2.21. The molecule has 2 aromatic rings. The van der Waals surface area contributed by atoms with Gasteiger partial charge in [-0.15, -0.1) is 0 Å². The highest BCUT2D eigenvalue weighted by Gasteiger charge is 2.14. The summed E-state index contributed by atoms with van der Waals surface area (Å²) < 4.78 is 0. The lowest BCUT2D eigenvalue weighted by Crippen LogP contribution is -2.26. The summed E-state index contributed by atoms with van der Waals surface area (Å²) in [5.41, 5.74) is 0.247. The van der Waals surface area contributed by atoms with Crippen LogP contribution in [0.4, 0.5) is 0 Å². The molecule has 0 aliphatic heterocycles. The Morgan fingerprint density at radius 2 is 1.94 bits per heavy atom. The predicted molar refractivity (Wildman–Crippen MR) is 65.0 cm³/mol. The Kier molecular flexibility index (Phi) is 3.25. The summed E-state index contributed by atoms with van der Waals surface area (Å²) in [7, 11) is 0. The van der Waals surface area contributed by atoms with E-state index in [0.29, 0.717) is 5.39 Å². The van der Waals surface area contributed by atoms with Crippen LogP contribution in [-0.2, 0) is 0 Å². The molecule has 0 unspecified atom stereocenters. The van der Waals surface area contributed by atoms with E-state index in [1.165, 1.54) is 6.07 Å². The van der Waals surface area contributed by atoms with E-state index in [0.717, 1.165) is 5.39 Å². The van der Waals surface area contributed by atoms with E-state index in [-0.39, 0.29) is 30.4 Å². The number of phenolic OH excluding ortho intramolecular Hbond substituents is 1. The summed E-state index contributed by atoms with van der Waals surface area (Å²) in [6, 6.07) is 10.6. The van der Waals surface area contributed by atoms with Crippen LogP contribution in [0.5, 0.6) is 5.75 Å². The van der Waals surface area contributed by atoms with E-state index in [1.54, 1.807) is 12.1 Å². The van der Waals surface area contributed by atoms with Gasteiger partial charge in [0.05, 0.1) is 12.2 Å². The molecule has 4 nitrogen and oxygen atoms in total. The van der Waals surface area contributed by atoms with Gasteiger partial charge in [0.2, 0.25) is 0 Å². The fourth-order valence-corrected chi connectivity index (χ4v) is 1.76. The molecule has 2 aromatic carbocycles. The summed E-state index contributed by atoms with van der Waals surface area (Å²) in [5, 5.41) is 22.5. The van der Waals surface area contributed by atoms with Gasteiger partial charge < -0.3 is 15.5 Å². The first-order chi connectivity index (χ1) is 8.24. The molecule has 0 aliphatic rings. The molecule has 0 aromatic heterocycles. The smallest absolute Gasteiger partial charge is 0.255 e. The number of nitrogens with one attached hydrogen (secondary N) is 1. The van der Waals surface area contributed by atoms with Gasteiger partial charge in [0, 0.05) is 6.54 Å². The van der Waals surface area contributed by atoms with Crippen LogP contribution < -0.4 is 5.32 Å². The van der Waals surface area contributed by atoms with Crippen LogP contribution in [-0.4, -0.2) is 29.3 Å². The molecule has 0 saturated carbocycles. The lowest BCUT2D eigenvalue weighted by Gasteiger charge is -2.09. The molecule has 0 heterocycles. The zero-order valence-corrected chi connectivity index (χ0v) is 9.18. The van der Waals surface area contributed by atoms with Crippen molar-refractivity contribution in [3.8, 4) is 5.75 Å². The number of aliphatic hydroxyl groups is 1. The summed E-state index contributed by atoms with van der Waals surface area (Å²) in [4.78, 5) is 11.9. The van der Waals surface area contributed by atoms with E-state index in [1.807, 2.05) is 18.2 Å². The number of benzene rings is 2. The third-order valence-corrected chi connectivity index (χ3v) is 2.53. The number of rotatable bonds is 3. The highest BCUT2D eigenvalue weighted by molar-refractivity contribution is 6.09. The van der Waals surface area contributed by atoms with E-state index in [9.17, 15) is 9.90 Å². The largest absolute Gasteiger partial charge is 0.507 e. The number of carbonyl (C=O) groups is 1. The van der Waals surface area contributed by atoms with Crippen LogP contribution in [0.15, 0.2) is 36.4 Å². The normalized spacial score (nSPS) is 10.4. The maximum absolute atomic E-state index is 11.9. The molecule has 0 fully saturated rings. The Bertz CT molecular complexity index is 551. The summed E-state index contributed by atoms with van der Waals surface area (Å²) in [5.74, 6) is -0.438. The van der Waals surface area contributed by atoms with Crippen LogP contribution in [0.3, 0.4) is 0 Å². The van der Waals surface area contributed by atoms with Gasteiger partial charge in [-0.05, 0) is 16.8 Å². The van der Waals surface area contributed by atoms with Crippen molar-refractivity contribution in [3.05, 3.63) is 42.0 Å². The number of aliphatic hydroxyl groups excluding tert-OH is 1. The first-order valence-electron chi connectivity index (χ1n) is 5.34. The van der Waals surface area contributed by atoms with E-state index >= 15 is 0 Å². The number of amides is 1. The minimum Gasteiger partial charge on any atom is -0.507 e. The maximum Gasteiger partial charge on any atom is 0.255 e. The minimum atomic E-state index is -0.381. The van der Waals surface area contributed by atoms with Crippen molar-refractivity contribution in [2.75, 3.05) is 13.2 Å². The number of hydrogen-bond acceptors (Lipinski definition) is 3. The van der Waals surface area contributed by atoms with Crippen molar-refractivity contribution in [1.29, 1.82) is 0 Å². The molecule has 1 amide bonds. The lowest BCUT2D eigenvalue weighted by molar-refractivity contribution is 0.0944. The fraction of sp³-hybridized carbons (Fsp3) is 0.154. The number of carbonyl (C=O) groups excluding carboxylic acids is 1. The number of aromatic hydroxyl groups is 1. The highest BCUT2D eigenvalue weighted by atomic mass is 16.3. The van der Waals surface area contributed by atoms with Gasteiger partial charge in [-0.2, -0.15) is 0 Å². The van der Waals surface area contributed by atoms with Crippen molar-refractivity contribution in [3.63, 3.8) is 0 Å². The van der Waals surface area contributed by atoms with E-state index in [2.05, 4.69) is 5.32 Å². The van der Waals surface area contributed by atoms with Crippen LogP contribution in [0, 0.1) is 0 Å². The van der Waals surface area contributed by atoms with Gasteiger partial charge in [-0.3, -0.25) is 4.79 Å². The highest BCUT2D eigenvalue weighted by Crippen LogP contribution is 2.26. The Labute approximate surface area is 98.5 Å². The molecule has 4 heteroatoms. The van der Waals surface area contributed by atoms with Gasteiger partial charge >= 0.3 is 0 Å².